The van der Waals surface area contributed by atoms with Crippen LogP contribution in [0, 0.1) is 11.3 Å². The third kappa shape index (κ3) is 3.12. The van der Waals surface area contributed by atoms with E-state index >= 15 is 0 Å². The summed E-state index contributed by atoms with van der Waals surface area (Å²) in [5, 5.41) is 8.80. The summed E-state index contributed by atoms with van der Waals surface area (Å²) in [6.07, 6.45) is 0. The van der Waals surface area contributed by atoms with Crippen LogP contribution in [0.15, 0.2) is 53.4 Å². The highest BCUT2D eigenvalue weighted by Crippen LogP contribution is 2.19. The van der Waals surface area contributed by atoms with Crippen LogP contribution >= 0.6 is 0 Å². The Morgan fingerprint density at radius 3 is 2.53 bits per heavy atom. The fraction of sp³-hybridized carbons (Fsp3) is 0.0714. The number of rotatable bonds is 3. The minimum atomic E-state index is -3.45. The number of hydrogen-bond donors (Lipinski definition) is 1. The normalized spacial score (nSPS) is 10.9. The Labute approximate surface area is 112 Å². The molecule has 0 heterocycles. The first-order valence-electron chi connectivity index (χ1n) is 5.58. The average molecular weight is 272 g/mol. The van der Waals surface area contributed by atoms with Gasteiger partial charge in [0.15, 0.2) is 9.84 Å². The average Bonchev–Trinajstić information content (AvgIpc) is 2.38. The molecule has 0 fully saturated rings. The predicted octanol–water partition coefficient (Wildman–Crippen LogP) is 2.11. The Morgan fingerprint density at radius 1 is 1.11 bits per heavy atom. The maximum absolute atomic E-state index is 12.2. The molecule has 2 aromatic carbocycles. The molecule has 0 aromatic heterocycles. The second-order valence-corrected chi connectivity index (χ2v) is 6.13. The van der Waals surface area contributed by atoms with Gasteiger partial charge in [0.05, 0.1) is 22.3 Å². The molecule has 0 spiro atoms. The van der Waals surface area contributed by atoms with Gasteiger partial charge >= 0.3 is 0 Å². The summed E-state index contributed by atoms with van der Waals surface area (Å²) in [6, 6.07) is 14.7. The minimum Gasteiger partial charge on any atom is -0.399 e. The second kappa shape index (κ2) is 5.12. The fourth-order valence-electron chi connectivity index (χ4n) is 1.74. The van der Waals surface area contributed by atoms with Crippen molar-refractivity contribution in [2.24, 2.45) is 0 Å². The molecule has 0 unspecified atom stereocenters. The van der Waals surface area contributed by atoms with Crippen LogP contribution in [-0.2, 0) is 15.6 Å². The van der Waals surface area contributed by atoms with Crippen molar-refractivity contribution in [3.05, 3.63) is 59.7 Å². The first-order valence-corrected chi connectivity index (χ1v) is 7.24. The summed E-state index contributed by atoms with van der Waals surface area (Å²) in [7, 11) is -3.45. The van der Waals surface area contributed by atoms with Gasteiger partial charge < -0.3 is 5.73 Å². The Bertz CT molecular complexity index is 746. The van der Waals surface area contributed by atoms with Crippen molar-refractivity contribution in [1.82, 2.24) is 0 Å². The predicted molar refractivity (Wildman–Crippen MR) is 72.9 cm³/mol. The Morgan fingerprint density at radius 2 is 1.84 bits per heavy atom. The monoisotopic (exact) mass is 272 g/mol. The van der Waals surface area contributed by atoms with Gasteiger partial charge in [-0.1, -0.05) is 18.2 Å². The van der Waals surface area contributed by atoms with E-state index in [4.69, 9.17) is 11.0 Å². The van der Waals surface area contributed by atoms with Crippen LogP contribution in [-0.4, -0.2) is 8.42 Å². The van der Waals surface area contributed by atoms with Crippen molar-refractivity contribution in [3.63, 3.8) is 0 Å². The lowest BCUT2D eigenvalue weighted by Gasteiger charge is -2.05. The van der Waals surface area contributed by atoms with Crippen LogP contribution in [0.1, 0.15) is 11.1 Å². The molecular weight excluding hydrogens is 260 g/mol. The number of nitriles is 1. The van der Waals surface area contributed by atoms with Crippen molar-refractivity contribution in [2.45, 2.75) is 10.6 Å². The second-order valence-electron chi connectivity index (χ2n) is 4.14. The van der Waals surface area contributed by atoms with Crippen molar-refractivity contribution < 1.29 is 8.42 Å². The number of anilines is 1. The summed E-state index contributed by atoms with van der Waals surface area (Å²) in [5.41, 5.74) is 7.03. The van der Waals surface area contributed by atoms with E-state index in [9.17, 15) is 8.42 Å². The molecule has 0 aliphatic heterocycles. The smallest absolute Gasteiger partial charge is 0.182 e. The Hall–Kier alpha value is -2.32. The van der Waals surface area contributed by atoms with E-state index in [0.29, 0.717) is 16.8 Å². The third-order valence-electron chi connectivity index (χ3n) is 2.63. The fourth-order valence-corrected chi connectivity index (χ4v) is 3.13. The molecule has 5 heteroatoms. The molecule has 4 nitrogen and oxygen atoms in total. The van der Waals surface area contributed by atoms with Gasteiger partial charge in [0, 0.05) is 5.69 Å². The molecule has 0 saturated heterocycles. The summed E-state index contributed by atoms with van der Waals surface area (Å²) in [4.78, 5) is 0.190. The molecule has 2 rings (SSSR count). The van der Waals surface area contributed by atoms with Gasteiger partial charge in [-0.2, -0.15) is 5.26 Å². The lowest BCUT2D eigenvalue weighted by Crippen LogP contribution is -2.05. The van der Waals surface area contributed by atoms with Crippen LogP contribution in [0.4, 0.5) is 5.69 Å². The molecular formula is C14H12N2O2S. The highest BCUT2D eigenvalue weighted by Gasteiger charge is 2.15. The number of sulfone groups is 1. The molecule has 0 bridgehead atoms. The van der Waals surface area contributed by atoms with Crippen LogP contribution in [0.2, 0.25) is 0 Å². The van der Waals surface area contributed by atoms with E-state index in [2.05, 4.69) is 0 Å². The first-order chi connectivity index (χ1) is 9.01. The topological polar surface area (TPSA) is 84.0 Å². The van der Waals surface area contributed by atoms with Crippen molar-refractivity contribution in [2.75, 3.05) is 5.73 Å². The molecule has 0 saturated carbocycles. The summed E-state index contributed by atoms with van der Waals surface area (Å²) in [5.74, 6) is -0.147. The van der Waals surface area contributed by atoms with Gasteiger partial charge in [-0.15, -0.1) is 0 Å². The maximum atomic E-state index is 12.2. The number of nitrogens with zero attached hydrogens (tertiary/aromatic N) is 1. The molecule has 0 aliphatic rings. The van der Waals surface area contributed by atoms with Crippen LogP contribution in [0.5, 0.6) is 0 Å². The zero-order valence-corrected chi connectivity index (χ0v) is 10.9. The van der Waals surface area contributed by atoms with Crippen LogP contribution in [0.3, 0.4) is 0 Å². The van der Waals surface area contributed by atoms with Crippen molar-refractivity contribution >= 4 is 15.5 Å². The summed E-state index contributed by atoms with van der Waals surface area (Å²) < 4.78 is 24.4. The first kappa shape index (κ1) is 13.1. The zero-order chi connectivity index (χ0) is 13.9. The SMILES string of the molecule is N#Cc1cccc(CS(=O)(=O)c2cccc(N)c2)c1. The van der Waals surface area contributed by atoms with E-state index in [1.54, 1.807) is 36.4 Å². The summed E-state index contributed by atoms with van der Waals surface area (Å²) in [6.45, 7) is 0. The van der Waals surface area contributed by atoms with E-state index in [-0.39, 0.29) is 10.6 Å². The Balaban J connectivity index is 2.34. The molecule has 0 amide bonds. The van der Waals surface area contributed by atoms with E-state index < -0.39 is 9.84 Å². The molecule has 2 N–H and O–H groups in total. The molecule has 2 aromatic rings. The molecule has 0 radical (unpaired) electrons. The van der Waals surface area contributed by atoms with E-state index in [1.807, 2.05) is 6.07 Å². The van der Waals surface area contributed by atoms with Gasteiger partial charge in [-0.3, -0.25) is 0 Å². The van der Waals surface area contributed by atoms with Crippen LogP contribution < -0.4 is 5.73 Å². The van der Waals surface area contributed by atoms with Gasteiger partial charge in [0.25, 0.3) is 0 Å². The minimum absolute atomic E-state index is 0.147. The van der Waals surface area contributed by atoms with Crippen molar-refractivity contribution in [3.8, 4) is 6.07 Å². The maximum Gasteiger partial charge on any atom is 0.182 e. The van der Waals surface area contributed by atoms with Gasteiger partial charge in [0.2, 0.25) is 0 Å². The largest absolute Gasteiger partial charge is 0.399 e. The van der Waals surface area contributed by atoms with Crippen molar-refractivity contribution in [1.29, 1.82) is 5.26 Å². The summed E-state index contributed by atoms with van der Waals surface area (Å²) >= 11 is 0. The highest BCUT2D eigenvalue weighted by molar-refractivity contribution is 7.90. The van der Waals surface area contributed by atoms with Gasteiger partial charge in [0.1, 0.15) is 0 Å². The number of nitrogen functional groups attached to an aromatic ring is 1. The molecule has 96 valence electrons. The van der Waals surface area contributed by atoms with Gasteiger partial charge in [-0.05, 0) is 35.9 Å². The third-order valence-corrected chi connectivity index (χ3v) is 4.32. The lowest BCUT2D eigenvalue weighted by atomic mass is 10.2. The molecule has 19 heavy (non-hydrogen) atoms. The zero-order valence-electron chi connectivity index (χ0n) is 10.1. The number of nitrogens with two attached hydrogens (primary N) is 1. The van der Waals surface area contributed by atoms with E-state index in [0.717, 1.165) is 0 Å². The number of hydrogen-bond acceptors (Lipinski definition) is 4. The standard InChI is InChI=1S/C14H12N2O2S/c15-9-11-3-1-4-12(7-11)10-19(17,18)14-6-2-5-13(16)8-14/h1-8H,10,16H2. The van der Waals surface area contributed by atoms with E-state index in [1.165, 1.54) is 12.1 Å². The van der Waals surface area contributed by atoms with Crippen LogP contribution in [0.25, 0.3) is 0 Å². The molecule has 0 atom stereocenters. The number of benzene rings is 2. The lowest BCUT2D eigenvalue weighted by molar-refractivity contribution is 0.595. The molecule has 0 aliphatic carbocycles. The quantitative estimate of drug-likeness (QED) is 0.867. The van der Waals surface area contributed by atoms with Gasteiger partial charge in [-0.25, -0.2) is 8.42 Å². The highest BCUT2D eigenvalue weighted by atomic mass is 32.2. The Kier molecular flexibility index (Phi) is 3.54.